The van der Waals surface area contributed by atoms with Gasteiger partial charge >= 0.3 is 111 Å². The van der Waals surface area contributed by atoms with Crippen LogP contribution in [0.2, 0.25) is 0 Å². The molecule has 5 nitrogen and oxygen atoms in total. The van der Waals surface area contributed by atoms with E-state index in [4.69, 9.17) is 0 Å². The van der Waals surface area contributed by atoms with Crippen molar-refractivity contribution in [1.29, 1.82) is 0 Å². The first kappa shape index (κ1) is 14.5. The zero-order valence-electron chi connectivity index (χ0n) is 11.0. The Bertz CT molecular complexity index is 318. The van der Waals surface area contributed by atoms with Gasteiger partial charge in [-0.15, -0.1) is 0 Å². The molecule has 1 rings (SSSR count). The Balaban J connectivity index is 2.66. The summed E-state index contributed by atoms with van der Waals surface area (Å²) < 4.78 is 1.65. The van der Waals surface area contributed by atoms with E-state index in [1.54, 1.807) is 17.9 Å². The van der Waals surface area contributed by atoms with E-state index < -0.39 is 11.8 Å². The summed E-state index contributed by atoms with van der Waals surface area (Å²) in [7, 11) is 3.21. The van der Waals surface area contributed by atoms with E-state index >= 15 is 0 Å². The molecule has 0 aromatic heterocycles. The summed E-state index contributed by atoms with van der Waals surface area (Å²) in [6.07, 6.45) is 1.80. The van der Waals surface area contributed by atoms with Crippen molar-refractivity contribution < 1.29 is 9.59 Å². The minimum absolute atomic E-state index is 0.0364. The van der Waals surface area contributed by atoms with Crippen LogP contribution in [0.4, 0.5) is 0 Å². The number of likely N-dealkylation sites (N-methyl/N-ethyl adjacent to an activating group) is 1. The van der Waals surface area contributed by atoms with Crippen LogP contribution in [0.25, 0.3) is 0 Å². The van der Waals surface area contributed by atoms with E-state index in [-0.39, 0.29) is 11.6 Å². The molecule has 2 amide bonds. The molecule has 0 spiro atoms. The van der Waals surface area contributed by atoms with E-state index in [0.29, 0.717) is 0 Å². The third-order valence-corrected chi connectivity index (χ3v) is 4.42. The number of carbonyl (C=O) groups is 2. The van der Waals surface area contributed by atoms with Gasteiger partial charge in [-0.2, -0.15) is 0 Å². The predicted octanol–water partition coefficient (Wildman–Crippen LogP) is -1.02. The summed E-state index contributed by atoms with van der Waals surface area (Å²) in [6.45, 7) is 5.14. The first-order valence-electron chi connectivity index (χ1n) is 5.79. The van der Waals surface area contributed by atoms with Gasteiger partial charge in [-0.1, -0.05) is 0 Å². The fraction of sp³-hybridized carbons (Fsp3) is 0.818. The molecule has 1 fully saturated rings. The standard InChI is InChI=1S/C11H22AsN3O2/c1-11(2)7-8(5-6-13-11)15(12)10(17)9(16)14(3)4/h8,13H,5-7,12H2,1-4H3. The first-order chi connectivity index (χ1) is 7.74. The average Bonchev–Trinajstić information content (AvgIpc) is 2.24. The minimum atomic E-state index is -0.439. The third kappa shape index (κ3) is 3.71. The van der Waals surface area contributed by atoms with Gasteiger partial charge in [0.05, 0.1) is 0 Å². The summed E-state index contributed by atoms with van der Waals surface area (Å²) in [4.78, 5) is 24.9. The maximum atomic E-state index is 11.9. The zero-order valence-corrected chi connectivity index (χ0v) is 13.4. The number of nitrogens with zero attached hydrogens (tertiary/aromatic N) is 2. The van der Waals surface area contributed by atoms with Crippen LogP contribution < -0.4 is 5.32 Å². The van der Waals surface area contributed by atoms with Crippen molar-refractivity contribution in [3.63, 3.8) is 0 Å². The Hall–Kier alpha value is -0.542. The van der Waals surface area contributed by atoms with Gasteiger partial charge < -0.3 is 0 Å². The van der Waals surface area contributed by atoms with Crippen molar-refractivity contribution >= 4 is 28.9 Å². The van der Waals surface area contributed by atoms with Crippen LogP contribution in [0.1, 0.15) is 26.7 Å². The molecular formula is C11H22AsN3O2. The van der Waals surface area contributed by atoms with Crippen molar-refractivity contribution in [2.45, 2.75) is 38.3 Å². The SMILES string of the molecule is CN(C)C(=O)C(=O)N([AsH2])C1CCNC(C)(C)C1. The number of piperidine rings is 1. The molecule has 0 aromatic carbocycles. The summed E-state index contributed by atoms with van der Waals surface area (Å²) in [5, 5.41) is 3.41. The third-order valence-electron chi connectivity index (χ3n) is 3.04. The van der Waals surface area contributed by atoms with Crippen LogP contribution in [0.15, 0.2) is 0 Å². The van der Waals surface area contributed by atoms with Crippen LogP contribution in [-0.2, 0) is 9.59 Å². The first-order valence-corrected chi connectivity index (χ1v) is 6.87. The topological polar surface area (TPSA) is 52.7 Å². The monoisotopic (exact) mass is 303 g/mol. The van der Waals surface area contributed by atoms with Crippen molar-refractivity contribution in [3.05, 3.63) is 0 Å². The molecule has 1 N–H and O–H groups in total. The average molecular weight is 303 g/mol. The molecule has 1 saturated heterocycles. The van der Waals surface area contributed by atoms with Gasteiger partial charge in [-0.05, 0) is 0 Å². The molecule has 0 saturated carbocycles. The molecule has 2 unspecified atom stereocenters. The van der Waals surface area contributed by atoms with E-state index in [1.165, 1.54) is 22.0 Å². The molecule has 0 aromatic rings. The number of rotatable bonds is 1. The Labute approximate surface area is 112 Å². The van der Waals surface area contributed by atoms with Gasteiger partial charge in [-0.25, -0.2) is 0 Å². The summed E-state index contributed by atoms with van der Waals surface area (Å²) in [5.41, 5.74) is 0.0364. The Morgan fingerprint density at radius 1 is 1.29 bits per heavy atom. The molecule has 17 heavy (non-hydrogen) atoms. The van der Waals surface area contributed by atoms with Gasteiger partial charge in [-0.3, -0.25) is 0 Å². The van der Waals surface area contributed by atoms with Crippen LogP contribution >= 0.6 is 0 Å². The van der Waals surface area contributed by atoms with Crippen LogP contribution in [0, 0.1) is 0 Å². The van der Waals surface area contributed by atoms with Gasteiger partial charge in [0.15, 0.2) is 0 Å². The summed E-state index contributed by atoms with van der Waals surface area (Å²) in [5.74, 6) is -0.830. The second-order valence-corrected chi connectivity index (χ2v) is 6.54. The van der Waals surface area contributed by atoms with Gasteiger partial charge in [0.25, 0.3) is 0 Å². The molecule has 0 radical (unpaired) electrons. The predicted molar refractivity (Wildman–Crippen MR) is 69.2 cm³/mol. The number of amides is 2. The summed E-state index contributed by atoms with van der Waals surface area (Å²) >= 11 is 1.21. The van der Waals surface area contributed by atoms with Crippen LogP contribution in [0.5, 0.6) is 0 Å². The fourth-order valence-electron chi connectivity index (χ4n) is 2.05. The normalized spacial score (nSPS) is 23.0. The molecule has 1 aliphatic heterocycles. The van der Waals surface area contributed by atoms with E-state index in [2.05, 4.69) is 19.2 Å². The van der Waals surface area contributed by atoms with Gasteiger partial charge in [0.1, 0.15) is 0 Å². The Kier molecular flexibility index (Phi) is 4.61. The van der Waals surface area contributed by atoms with Crippen LogP contribution in [-0.4, -0.2) is 69.8 Å². The number of nitrogens with one attached hydrogen (secondary N) is 1. The Morgan fingerprint density at radius 2 is 1.88 bits per heavy atom. The van der Waals surface area contributed by atoms with E-state index in [9.17, 15) is 9.59 Å². The van der Waals surface area contributed by atoms with E-state index in [0.717, 1.165) is 19.4 Å². The van der Waals surface area contributed by atoms with Gasteiger partial charge in [0.2, 0.25) is 0 Å². The quantitative estimate of drug-likeness (QED) is 0.498. The molecule has 1 aliphatic rings. The van der Waals surface area contributed by atoms with Crippen LogP contribution in [0.3, 0.4) is 0 Å². The fourth-order valence-corrected chi connectivity index (χ4v) is 2.81. The molecule has 0 bridgehead atoms. The zero-order chi connectivity index (χ0) is 13.2. The molecular weight excluding hydrogens is 281 g/mol. The number of carbonyl (C=O) groups excluding carboxylic acids is 2. The van der Waals surface area contributed by atoms with Crippen molar-refractivity contribution in [3.8, 4) is 0 Å². The molecule has 1 heterocycles. The summed E-state index contributed by atoms with van der Waals surface area (Å²) in [6, 6.07) is 0.169. The molecule has 6 heteroatoms. The molecule has 98 valence electrons. The second-order valence-electron chi connectivity index (χ2n) is 5.37. The number of hydrogen-bond acceptors (Lipinski definition) is 3. The second kappa shape index (κ2) is 5.40. The van der Waals surface area contributed by atoms with E-state index in [1.807, 2.05) is 0 Å². The van der Waals surface area contributed by atoms with Crippen molar-refractivity contribution in [2.24, 2.45) is 0 Å². The molecule has 0 aliphatic carbocycles. The molecule has 2 atom stereocenters. The maximum absolute atomic E-state index is 11.9. The number of hydrogen-bond donors (Lipinski definition) is 1. The van der Waals surface area contributed by atoms with Crippen molar-refractivity contribution in [1.82, 2.24) is 14.0 Å². The van der Waals surface area contributed by atoms with Crippen molar-refractivity contribution in [2.75, 3.05) is 20.6 Å². The Morgan fingerprint density at radius 3 is 2.35 bits per heavy atom. The van der Waals surface area contributed by atoms with Gasteiger partial charge in [0, 0.05) is 0 Å².